The summed E-state index contributed by atoms with van der Waals surface area (Å²) in [5, 5.41) is 3.40. The van der Waals surface area contributed by atoms with Crippen molar-refractivity contribution in [3.63, 3.8) is 0 Å². The quantitative estimate of drug-likeness (QED) is 0.617. The fraction of sp³-hybridized carbons (Fsp3) is 0.333. The molecule has 1 heterocycles. The van der Waals surface area contributed by atoms with Gasteiger partial charge >= 0.3 is 15.6 Å². The Labute approximate surface area is 123 Å². The normalized spacial score (nSPS) is 12.6. The van der Waals surface area contributed by atoms with Crippen molar-refractivity contribution < 1.29 is 25.8 Å². The summed E-state index contributed by atoms with van der Waals surface area (Å²) in [7, 11) is -4.69. The molecule has 22 heavy (non-hydrogen) atoms. The van der Waals surface area contributed by atoms with Gasteiger partial charge in [-0.1, -0.05) is 0 Å². The molecule has 6 nitrogen and oxygen atoms in total. The minimum Gasteiger partial charge on any atom is -0.353 e. The van der Waals surface area contributed by atoms with Crippen LogP contribution >= 0.6 is 0 Å². The Morgan fingerprint density at radius 2 is 1.64 bits per heavy atom. The van der Waals surface area contributed by atoms with Gasteiger partial charge in [0.05, 0.1) is 10.8 Å². The third-order valence-electron chi connectivity index (χ3n) is 3.10. The second-order valence-electron chi connectivity index (χ2n) is 4.70. The van der Waals surface area contributed by atoms with Crippen LogP contribution in [0.25, 0.3) is 10.8 Å². The minimum atomic E-state index is -5.87. The lowest BCUT2D eigenvalue weighted by molar-refractivity contribution is -0.0501. The predicted molar refractivity (Wildman–Crippen MR) is 72.1 cm³/mol. The zero-order valence-electron chi connectivity index (χ0n) is 11.7. The number of fused-ring (bicyclic) bond motifs is 1. The molecule has 0 spiro atoms. The van der Waals surface area contributed by atoms with Crippen LogP contribution in [-0.2, 0) is 17.2 Å². The average molecular weight is 336 g/mol. The Morgan fingerprint density at radius 3 is 2.14 bits per heavy atom. The topological polar surface area (TPSA) is 78.3 Å². The Hall–Kier alpha value is -2.10. The van der Waals surface area contributed by atoms with Gasteiger partial charge in [-0.25, -0.2) is 4.68 Å². The molecular formula is C12H11F3N2O4S. The molecule has 120 valence electrons. The molecule has 2 rings (SSSR count). The predicted octanol–water partition coefficient (Wildman–Crippen LogP) is 1.78. The number of rotatable bonds is 2. The van der Waals surface area contributed by atoms with Crippen LogP contribution in [0, 0.1) is 13.8 Å². The first-order chi connectivity index (χ1) is 9.94. The maximum atomic E-state index is 12.4. The zero-order chi connectivity index (χ0) is 16.9. The van der Waals surface area contributed by atoms with Crippen molar-refractivity contribution in [1.29, 1.82) is 0 Å². The molecular weight excluding hydrogens is 325 g/mol. The van der Waals surface area contributed by atoms with E-state index >= 15 is 0 Å². The molecule has 10 heteroatoms. The van der Waals surface area contributed by atoms with E-state index in [-0.39, 0.29) is 10.8 Å². The van der Waals surface area contributed by atoms with E-state index in [0.717, 1.165) is 10.2 Å². The third-order valence-corrected chi connectivity index (χ3v) is 4.05. The molecule has 0 saturated carbocycles. The Morgan fingerprint density at radius 1 is 1.14 bits per heavy atom. The molecule has 0 aliphatic carbocycles. The molecule has 0 saturated heterocycles. The maximum Gasteiger partial charge on any atom is 0.534 e. The Bertz CT molecular complexity index is 917. The first kappa shape index (κ1) is 16.3. The third kappa shape index (κ3) is 2.65. The van der Waals surface area contributed by atoms with Gasteiger partial charge in [-0.05, 0) is 37.1 Å². The summed E-state index contributed by atoms with van der Waals surface area (Å²) >= 11 is 0. The number of aryl methyl sites for hydroxylation is 3. The smallest absolute Gasteiger partial charge is 0.353 e. The van der Waals surface area contributed by atoms with Crippen molar-refractivity contribution >= 4 is 20.9 Å². The lowest BCUT2D eigenvalue weighted by Crippen LogP contribution is -2.30. The van der Waals surface area contributed by atoms with E-state index in [1.165, 1.54) is 19.2 Å². The highest BCUT2D eigenvalue weighted by molar-refractivity contribution is 7.88. The van der Waals surface area contributed by atoms with Crippen LogP contribution in [0.5, 0.6) is 5.88 Å². The summed E-state index contributed by atoms with van der Waals surface area (Å²) in [4.78, 5) is 12.0. The van der Waals surface area contributed by atoms with Crippen molar-refractivity contribution in [2.24, 2.45) is 7.05 Å². The maximum absolute atomic E-state index is 12.4. The zero-order valence-corrected chi connectivity index (χ0v) is 12.5. The highest BCUT2D eigenvalue weighted by Crippen LogP contribution is 2.30. The Balaban J connectivity index is 2.78. The summed E-state index contributed by atoms with van der Waals surface area (Å²) in [6.07, 6.45) is 0. The molecule has 0 fully saturated rings. The number of benzene rings is 1. The van der Waals surface area contributed by atoms with Crippen LogP contribution in [-0.4, -0.2) is 23.7 Å². The van der Waals surface area contributed by atoms with Crippen LogP contribution < -0.4 is 9.74 Å². The molecule has 0 unspecified atom stereocenters. The molecule has 2 aromatic rings. The van der Waals surface area contributed by atoms with E-state index in [1.807, 2.05) is 0 Å². The van der Waals surface area contributed by atoms with E-state index in [0.29, 0.717) is 5.56 Å². The van der Waals surface area contributed by atoms with Crippen LogP contribution in [0.4, 0.5) is 13.2 Å². The van der Waals surface area contributed by atoms with Crippen LogP contribution in [0.1, 0.15) is 11.1 Å². The van der Waals surface area contributed by atoms with Crippen molar-refractivity contribution in [2.45, 2.75) is 19.4 Å². The van der Waals surface area contributed by atoms with Gasteiger partial charge < -0.3 is 4.18 Å². The molecule has 0 radical (unpaired) electrons. The number of hydrogen-bond acceptors (Lipinski definition) is 5. The number of hydrogen-bond donors (Lipinski definition) is 0. The minimum absolute atomic E-state index is 0.0213. The SMILES string of the molecule is Cc1cc2c(OS(=O)(=O)C(F)(F)F)nn(C)c(=O)c2cc1C. The van der Waals surface area contributed by atoms with Crippen LogP contribution in [0.15, 0.2) is 16.9 Å². The second kappa shape index (κ2) is 4.97. The first-order valence-corrected chi connectivity index (χ1v) is 7.34. The first-order valence-electron chi connectivity index (χ1n) is 5.93. The molecule has 0 atom stereocenters. The van der Waals surface area contributed by atoms with Crippen molar-refractivity contribution in [1.82, 2.24) is 9.78 Å². The highest BCUT2D eigenvalue weighted by atomic mass is 32.2. The van der Waals surface area contributed by atoms with E-state index in [2.05, 4.69) is 9.28 Å². The summed E-state index contributed by atoms with van der Waals surface area (Å²) in [5.74, 6) is -0.794. The van der Waals surface area contributed by atoms with Crippen molar-refractivity contribution in [3.8, 4) is 5.88 Å². The summed E-state index contributed by atoms with van der Waals surface area (Å²) in [6, 6.07) is 2.81. The largest absolute Gasteiger partial charge is 0.534 e. The highest BCUT2D eigenvalue weighted by Gasteiger charge is 2.49. The van der Waals surface area contributed by atoms with Crippen molar-refractivity contribution in [2.75, 3.05) is 0 Å². The number of halogens is 3. The molecule has 0 N–H and O–H groups in total. The number of nitrogens with zero attached hydrogens (tertiary/aromatic N) is 2. The van der Waals surface area contributed by atoms with Gasteiger partial charge in [-0.15, -0.1) is 5.10 Å². The van der Waals surface area contributed by atoms with Gasteiger partial charge in [0.25, 0.3) is 11.4 Å². The lowest BCUT2D eigenvalue weighted by Gasteiger charge is -2.12. The van der Waals surface area contributed by atoms with Crippen molar-refractivity contribution in [3.05, 3.63) is 33.6 Å². The van der Waals surface area contributed by atoms with Gasteiger partial charge in [-0.2, -0.15) is 21.6 Å². The summed E-state index contributed by atoms with van der Waals surface area (Å²) < 4.78 is 64.4. The molecule has 0 aliphatic rings. The van der Waals surface area contributed by atoms with Gasteiger partial charge in [0.1, 0.15) is 0 Å². The molecule has 1 aromatic heterocycles. The standard InChI is InChI=1S/C12H11F3N2O4S/c1-6-4-8-9(5-7(6)2)11(18)17(3)16-10(8)21-22(19,20)12(13,14)15/h4-5H,1-3H3. The molecule has 1 aromatic carbocycles. The Kier molecular flexibility index (Phi) is 3.68. The summed E-state index contributed by atoms with van der Waals surface area (Å²) in [6.45, 7) is 3.37. The van der Waals surface area contributed by atoms with Gasteiger partial charge in [-0.3, -0.25) is 4.79 Å². The number of alkyl halides is 3. The average Bonchev–Trinajstić information content (AvgIpc) is 2.36. The fourth-order valence-electron chi connectivity index (χ4n) is 1.79. The van der Waals surface area contributed by atoms with Gasteiger partial charge in [0.15, 0.2) is 0 Å². The van der Waals surface area contributed by atoms with Crippen LogP contribution in [0.3, 0.4) is 0 Å². The molecule has 0 amide bonds. The molecule has 0 aliphatic heterocycles. The van der Waals surface area contributed by atoms with Gasteiger partial charge in [0.2, 0.25) is 0 Å². The van der Waals surface area contributed by atoms with Gasteiger partial charge in [0, 0.05) is 7.05 Å². The fourth-order valence-corrected chi connectivity index (χ4v) is 2.22. The second-order valence-corrected chi connectivity index (χ2v) is 6.24. The van der Waals surface area contributed by atoms with E-state index in [9.17, 15) is 26.4 Å². The lowest BCUT2D eigenvalue weighted by atomic mass is 10.1. The number of aromatic nitrogens is 2. The van der Waals surface area contributed by atoms with Crippen LogP contribution in [0.2, 0.25) is 0 Å². The van der Waals surface area contributed by atoms with E-state index in [1.54, 1.807) is 13.8 Å². The van der Waals surface area contributed by atoms with E-state index in [4.69, 9.17) is 0 Å². The molecule has 0 bridgehead atoms. The van der Waals surface area contributed by atoms with E-state index < -0.39 is 27.1 Å². The summed E-state index contributed by atoms with van der Waals surface area (Å²) in [5.41, 5.74) is -4.79. The monoisotopic (exact) mass is 336 g/mol.